The molecule has 1 aromatic rings. The molecule has 0 spiro atoms. The van der Waals surface area contributed by atoms with Crippen molar-refractivity contribution in [3.8, 4) is 0 Å². The maximum Gasteiger partial charge on any atom is 0.435 e. The molecule has 0 radical (unpaired) electrons. The first-order valence-corrected chi connectivity index (χ1v) is 5.76. The Balaban J connectivity index is 2.13. The molecule has 0 saturated heterocycles. The second kappa shape index (κ2) is 4.52. The van der Waals surface area contributed by atoms with Gasteiger partial charge in [0.05, 0.1) is 13.2 Å². The molecule has 2 rings (SSSR count). The van der Waals surface area contributed by atoms with Gasteiger partial charge in [-0.25, -0.2) is 0 Å². The van der Waals surface area contributed by atoms with Crippen molar-refractivity contribution < 1.29 is 22.7 Å². The van der Waals surface area contributed by atoms with Gasteiger partial charge in [-0.2, -0.15) is 18.3 Å². The zero-order valence-electron chi connectivity index (χ0n) is 10.3. The summed E-state index contributed by atoms with van der Waals surface area (Å²) in [7, 11) is 1.24. The lowest BCUT2D eigenvalue weighted by Gasteiger charge is -2.20. The molecular formula is C11H14F3N3O2. The highest BCUT2D eigenvalue weighted by molar-refractivity contribution is 5.80. The number of alkyl halides is 3. The minimum Gasteiger partial charge on any atom is -0.468 e. The van der Waals surface area contributed by atoms with Crippen LogP contribution in [0.2, 0.25) is 0 Å². The maximum atomic E-state index is 12.4. The van der Waals surface area contributed by atoms with E-state index in [-0.39, 0.29) is 12.5 Å². The summed E-state index contributed by atoms with van der Waals surface area (Å²) < 4.78 is 43.2. The molecule has 0 aliphatic heterocycles. The normalized spacial score (nSPS) is 27.5. The number of rotatable bonds is 2. The van der Waals surface area contributed by atoms with Crippen molar-refractivity contribution in [2.24, 2.45) is 5.73 Å². The topological polar surface area (TPSA) is 70.1 Å². The predicted octanol–water partition coefficient (Wildman–Crippen LogP) is 1.50. The molecule has 1 fully saturated rings. The first-order chi connectivity index (χ1) is 8.76. The zero-order valence-corrected chi connectivity index (χ0v) is 10.3. The van der Waals surface area contributed by atoms with Crippen molar-refractivity contribution in [3.05, 3.63) is 18.0 Å². The molecule has 0 bridgehead atoms. The third-order valence-corrected chi connectivity index (χ3v) is 3.39. The minimum absolute atomic E-state index is 0.221. The number of hydrogen-bond donors (Lipinski definition) is 1. The highest BCUT2D eigenvalue weighted by Gasteiger charge is 2.44. The Morgan fingerprint density at radius 3 is 2.84 bits per heavy atom. The number of hydrogen-bond acceptors (Lipinski definition) is 4. The van der Waals surface area contributed by atoms with Crippen molar-refractivity contribution in [1.29, 1.82) is 0 Å². The summed E-state index contributed by atoms with van der Waals surface area (Å²) in [5.41, 5.74) is 3.82. The quantitative estimate of drug-likeness (QED) is 0.832. The monoisotopic (exact) mass is 277 g/mol. The average molecular weight is 277 g/mol. The fraction of sp³-hybridized carbons (Fsp3) is 0.636. The second-order valence-corrected chi connectivity index (χ2v) is 4.72. The molecule has 1 aliphatic rings. The summed E-state index contributed by atoms with van der Waals surface area (Å²) in [6, 6.07) is 0.592. The Bertz CT molecular complexity index is 486. The zero-order chi connectivity index (χ0) is 14.3. The Morgan fingerprint density at radius 2 is 2.32 bits per heavy atom. The number of carbonyl (C=O) groups is 1. The summed E-state index contributed by atoms with van der Waals surface area (Å²) >= 11 is 0. The van der Waals surface area contributed by atoms with Crippen LogP contribution in [0.25, 0.3) is 0 Å². The Kier molecular flexibility index (Phi) is 3.29. The van der Waals surface area contributed by atoms with Crippen LogP contribution in [0.3, 0.4) is 0 Å². The van der Waals surface area contributed by atoms with Gasteiger partial charge in [0.25, 0.3) is 0 Å². The molecule has 1 saturated carbocycles. The number of methoxy groups -OCH3 is 1. The summed E-state index contributed by atoms with van der Waals surface area (Å²) in [6.45, 7) is 0. The van der Waals surface area contributed by atoms with Crippen LogP contribution in [-0.2, 0) is 15.7 Å². The van der Waals surface area contributed by atoms with E-state index in [2.05, 4.69) is 9.84 Å². The highest BCUT2D eigenvalue weighted by Crippen LogP contribution is 2.37. The summed E-state index contributed by atoms with van der Waals surface area (Å²) in [5, 5.41) is 3.50. The smallest absolute Gasteiger partial charge is 0.435 e. The van der Waals surface area contributed by atoms with Crippen LogP contribution in [0.5, 0.6) is 0 Å². The standard InChI is InChI=1S/C11H14F3N3O2/c1-19-9(18)10(15)4-2-7(6-10)17-5-3-8(16-17)11(12,13)14/h3,5,7H,2,4,6,15H2,1H3. The Hall–Kier alpha value is -1.57. The molecule has 1 heterocycles. The van der Waals surface area contributed by atoms with Gasteiger partial charge in [-0.15, -0.1) is 0 Å². The number of halogens is 3. The fourth-order valence-electron chi connectivity index (χ4n) is 2.36. The first-order valence-electron chi connectivity index (χ1n) is 5.76. The molecule has 1 aromatic heterocycles. The molecule has 0 amide bonds. The lowest BCUT2D eigenvalue weighted by Crippen LogP contribution is -2.46. The van der Waals surface area contributed by atoms with Gasteiger partial charge in [-0.05, 0) is 25.3 Å². The van der Waals surface area contributed by atoms with E-state index < -0.39 is 23.4 Å². The highest BCUT2D eigenvalue weighted by atomic mass is 19.4. The van der Waals surface area contributed by atoms with Crippen LogP contribution in [0.1, 0.15) is 31.0 Å². The lowest BCUT2D eigenvalue weighted by atomic mass is 9.99. The van der Waals surface area contributed by atoms with Crippen LogP contribution >= 0.6 is 0 Å². The number of aromatic nitrogens is 2. The van der Waals surface area contributed by atoms with Gasteiger partial charge < -0.3 is 10.5 Å². The van der Waals surface area contributed by atoms with E-state index in [9.17, 15) is 18.0 Å². The molecule has 2 N–H and O–H groups in total. The minimum atomic E-state index is -4.47. The van der Waals surface area contributed by atoms with Crippen molar-refractivity contribution in [2.75, 3.05) is 7.11 Å². The molecule has 1 aliphatic carbocycles. The Morgan fingerprint density at radius 1 is 1.63 bits per heavy atom. The van der Waals surface area contributed by atoms with E-state index in [1.165, 1.54) is 18.0 Å². The van der Waals surface area contributed by atoms with Crippen LogP contribution in [0.4, 0.5) is 13.2 Å². The largest absolute Gasteiger partial charge is 0.468 e. The van der Waals surface area contributed by atoms with E-state index in [1.54, 1.807) is 0 Å². The van der Waals surface area contributed by atoms with Gasteiger partial charge in [0.1, 0.15) is 5.54 Å². The third-order valence-electron chi connectivity index (χ3n) is 3.39. The molecular weight excluding hydrogens is 263 g/mol. The van der Waals surface area contributed by atoms with Gasteiger partial charge in [0.2, 0.25) is 0 Å². The molecule has 0 aromatic carbocycles. The van der Waals surface area contributed by atoms with E-state index in [4.69, 9.17) is 5.73 Å². The van der Waals surface area contributed by atoms with Gasteiger partial charge in [0.15, 0.2) is 5.69 Å². The van der Waals surface area contributed by atoms with Gasteiger partial charge >= 0.3 is 12.1 Å². The summed E-state index contributed by atoms with van der Waals surface area (Å²) in [5.74, 6) is -0.543. The molecule has 19 heavy (non-hydrogen) atoms. The second-order valence-electron chi connectivity index (χ2n) is 4.72. The van der Waals surface area contributed by atoms with Crippen molar-refractivity contribution >= 4 is 5.97 Å². The maximum absolute atomic E-state index is 12.4. The van der Waals surface area contributed by atoms with Crippen molar-refractivity contribution in [2.45, 2.75) is 37.0 Å². The van der Waals surface area contributed by atoms with E-state index in [0.29, 0.717) is 12.8 Å². The average Bonchev–Trinajstić information content (AvgIpc) is 2.94. The van der Waals surface area contributed by atoms with E-state index in [1.807, 2.05) is 0 Å². The number of ether oxygens (including phenoxy) is 1. The summed E-state index contributed by atoms with van der Waals surface area (Å²) in [6.07, 6.45) is -2.13. The first kappa shape index (κ1) is 13.9. The third kappa shape index (κ3) is 2.58. The predicted molar refractivity (Wildman–Crippen MR) is 59.1 cm³/mol. The Labute approximate surface area is 107 Å². The van der Waals surface area contributed by atoms with Gasteiger partial charge in [-0.3, -0.25) is 9.48 Å². The number of esters is 1. The SMILES string of the molecule is COC(=O)C1(N)CCC(n2ccc(C(F)(F)F)n2)C1. The fourth-order valence-corrected chi connectivity index (χ4v) is 2.36. The molecule has 106 valence electrons. The molecule has 2 unspecified atom stereocenters. The number of carbonyl (C=O) groups excluding carboxylic acids is 1. The van der Waals surface area contributed by atoms with Gasteiger partial charge in [-0.1, -0.05) is 0 Å². The molecule has 5 nitrogen and oxygen atoms in total. The van der Waals surface area contributed by atoms with Crippen LogP contribution in [0.15, 0.2) is 12.3 Å². The summed E-state index contributed by atoms with van der Waals surface area (Å²) in [4.78, 5) is 11.5. The lowest BCUT2D eigenvalue weighted by molar-refractivity contribution is -0.147. The van der Waals surface area contributed by atoms with Crippen LogP contribution < -0.4 is 5.73 Å². The van der Waals surface area contributed by atoms with E-state index >= 15 is 0 Å². The number of nitrogens with zero attached hydrogens (tertiary/aromatic N) is 2. The van der Waals surface area contributed by atoms with E-state index in [0.717, 1.165) is 6.07 Å². The van der Waals surface area contributed by atoms with Crippen molar-refractivity contribution in [3.63, 3.8) is 0 Å². The van der Waals surface area contributed by atoms with Crippen LogP contribution in [0, 0.1) is 0 Å². The molecule has 8 heteroatoms. The van der Waals surface area contributed by atoms with Crippen molar-refractivity contribution in [1.82, 2.24) is 9.78 Å². The van der Waals surface area contributed by atoms with Crippen LogP contribution in [-0.4, -0.2) is 28.4 Å². The van der Waals surface area contributed by atoms with Gasteiger partial charge in [0, 0.05) is 6.20 Å². The number of nitrogens with two attached hydrogens (primary N) is 1. The molecule has 2 atom stereocenters.